The summed E-state index contributed by atoms with van der Waals surface area (Å²) in [7, 11) is 1.57. The summed E-state index contributed by atoms with van der Waals surface area (Å²) < 4.78 is 11.2. The van der Waals surface area contributed by atoms with Crippen LogP contribution in [0.15, 0.2) is 59.9 Å². The molecule has 6 heteroatoms. The van der Waals surface area contributed by atoms with Crippen molar-refractivity contribution in [1.29, 1.82) is 0 Å². The van der Waals surface area contributed by atoms with Crippen LogP contribution in [0.4, 0.5) is 0 Å². The zero-order chi connectivity index (χ0) is 22.7. The molecule has 3 rings (SSSR count). The number of aliphatic hydroxyl groups is 1. The number of ether oxygens (including phenoxy) is 2. The summed E-state index contributed by atoms with van der Waals surface area (Å²) in [4.78, 5) is 27.6. The maximum absolute atomic E-state index is 13.1. The number of nitrogens with zero attached hydrogens (tertiary/aromatic N) is 1. The van der Waals surface area contributed by atoms with Gasteiger partial charge >= 0.3 is 0 Å². The molecular formula is C25H29NO5. The van der Waals surface area contributed by atoms with Crippen molar-refractivity contribution in [3.63, 3.8) is 0 Å². The molecule has 1 N–H and O–H groups in total. The number of aliphatic hydroxyl groups excluding tert-OH is 1. The van der Waals surface area contributed by atoms with Gasteiger partial charge in [0, 0.05) is 11.5 Å². The van der Waals surface area contributed by atoms with Crippen LogP contribution in [0, 0.1) is 5.92 Å². The van der Waals surface area contributed by atoms with Crippen molar-refractivity contribution in [3.05, 3.63) is 71.0 Å². The highest BCUT2D eigenvalue weighted by Crippen LogP contribution is 2.41. The van der Waals surface area contributed by atoms with Gasteiger partial charge < -0.3 is 19.5 Å². The molecule has 1 atom stereocenters. The lowest BCUT2D eigenvalue weighted by molar-refractivity contribution is -0.130. The predicted octanol–water partition coefficient (Wildman–Crippen LogP) is 4.60. The van der Waals surface area contributed by atoms with Crippen LogP contribution >= 0.6 is 0 Å². The zero-order valence-electron chi connectivity index (χ0n) is 18.6. The minimum absolute atomic E-state index is 0.0224. The van der Waals surface area contributed by atoms with Crippen molar-refractivity contribution in [1.82, 2.24) is 4.90 Å². The maximum atomic E-state index is 13.1. The number of Topliss-reactive ketones (excluding diaryl/α,β-unsaturated/α-hetero) is 1. The fourth-order valence-electron chi connectivity index (χ4n) is 3.77. The van der Waals surface area contributed by atoms with Gasteiger partial charge in [0.1, 0.15) is 11.5 Å². The van der Waals surface area contributed by atoms with Crippen molar-refractivity contribution in [2.75, 3.05) is 7.11 Å². The molecule has 0 aliphatic carbocycles. The maximum Gasteiger partial charge on any atom is 0.290 e. The molecule has 31 heavy (non-hydrogen) atoms. The third kappa shape index (κ3) is 4.58. The number of para-hydroxylation sites is 1. The third-order valence-corrected chi connectivity index (χ3v) is 5.17. The fourth-order valence-corrected chi connectivity index (χ4v) is 3.77. The normalized spacial score (nSPS) is 16.4. The average Bonchev–Trinajstić information content (AvgIpc) is 2.98. The van der Waals surface area contributed by atoms with Gasteiger partial charge in [-0.2, -0.15) is 0 Å². The fraction of sp³-hybridized carbons (Fsp3) is 0.360. The van der Waals surface area contributed by atoms with Crippen LogP contribution in [0.2, 0.25) is 0 Å². The number of hydrogen-bond acceptors (Lipinski definition) is 5. The number of amides is 1. The summed E-state index contributed by atoms with van der Waals surface area (Å²) in [6.07, 6.45) is -0.0224. The van der Waals surface area contributed by atoms with Crippen LogP contribution in [0.3, 0.4) is 0 Å². The Morgan fingerprint density at radius 3 is 2.45 bits per heavy atom. The standard InChI is InChI=1S/C25H29NO5/c1-15(2)23(27)21-22(17-10-8-11-19(13-17)31-16(3)4)26(25(29)24(21)28)14-18-9-6-7-12-20(18)30-5/h6-13,15-16,22,28H,14H2,1-5H3. The number of carbonyl (C=O) groups is 2. The molecule has 1 aliphatic heterocycles. The van der Waals surface area contributed by atoms with E-state index in [0.717, 1.165) is 5.56 Å². The molecule has 1 unspecified atom stereocenters. The van der Waals surface area contributed by atoms with E-state index in [-0.39, 0.29) is 29.9 Å². The van der Waals surface area contributed by atoms with Gasteiger partial charge in [-0.25, -0.2) is 0 Å². The van der Waals surface area contributed by atoms with E-state index in [4.69, 9.17) is 9.47 Å². The molecule has 2 aromatic carbocycles. The molecule has 0 fully saturated rings. The minimum atomic E-state index is -0.719. The van der Waals surface area contributed by atoms with E-state index in [1.807, 2.05) is 62.4 Å². The lowest BCUT2D eigenvalue weighted by Gasteiger charge is -2.28. The van der Waals surface area contributed by atoms with E-state index < -0.39 is 17.7 Å². The molecule has 1 aliphatic rings. The Hall–Kier alpha value is -3.28. The first kappa shape index (κ1) is 22.4. The summed E-state index contributed by atoms with van der Waals surface area (Å²) in [6, 6.07) is 14.0. The van der Waals surface area contributed by atoms with Crippen LogP contribution < -0.4 is 9.47 Å². The lowest BCUT2D eigenvalue weighted by Crippen LogP contribution is -2.31. The molecule has 6 nitrogen and oxygen atoms in total. The van der Waals surface area contributed by atoms with Gasteiger partial charge in [0.25, 0.3) is 5.91 Å². The summed E-state index contributed by atoms with van der Waals surface area (Å²) in [5.41, 5.74) is 1.61. The van der Waals surface area contributed by atoms with Gasteiger partial charge in [-0.15, -0.1) is 0 Å². The Balaban J connectivity index is 2.10. The van der Waals surface area contributed by atoms with Gasteiger partial charge in [0.05, 0.1) is 31.4 Å². The van der Waals surface area contributed by atoms with E-state index in [9.17, 15) is 14.7 Å². The van der Waals surface area contributed by atoms with Gasteiger partial charge in [0.2, 0.25) is 0 Å². The molecule has 0 saturated heterocycles. The molecule has 0 spiro atoms. The van der Waals surface area contributed by atoms with Gasteiger partial charge in [0.15, 0.2) is 11.5 Å². The molecule has 0 radical (unpaired) electrons. The second kappa shape index (κ2) is 9.25. The zero-order valence-corrected chi connectivity index (χ0v) is 18.6. The third-order valence-electron chi connectivity index (χ3n) is 5.17. The van der Waals surface area contributed by atoms with Crippen molar-refractivity contribution >= 4 is 11.7 Å². The van der Waals surface area contributed by atoms with E-state index in [0.29, 0.717) is 17.1 Å². The first-order chi connectivity index (χ1) is 14.7. The summed E-state index contributed by atoms with van der Waals surface area (Å²) >= 11 is 0. The summed E-state index contributed by atoms with van der Waals surface area (Å²) in [6.45, 7) is 7.55. The number of carbonyl (C=O) groups excluding carboxylic acids is 2. The molecule has 0 aromatic heterocycles. The average molecular weight is 424 g/mol. The number of hydrogen-bond donors (Lipinski definition) is 1. The monoisotopic (exact) mass is 423 g/mol. The number of rotatable bonds is 8. The predicted molar refractivity (Wildman–Crippen MR) is 118 cm³/mol. The Morgan fingerprint density at radius 1 is 1.10 bits per heavy atom. The van der Waals surface area contributed by atoms with Crippen molar-refractivity contribution in [2.24, 2.45) is 5.92 Å². The van der Waals surface area contributed by atoms with Crippen molar-refractivity contribution in [2.45, 2.75) is 46.4 Å². The van der Waals surface area contributed by atoms with Crippen LogP contribution in [-0.2, 0) is 16.1 Å². The highest BCUT2D eigenvalue weighted by molar-refractivity contribution is 6.09. The minimum Gasteiger partial charge on any atom is -0.503 e. The quantitative estimate of drug-likeness (QED) is 0.671. The van der Waals surface area contributed by atoms with Crippen LogP contribution in [0.1, 0.15) is 44.9 Å². The molecule has 164 valence electrons. The molecule has 1 amide bonds. The Bertz CT molecular complexity index is 1010. The molecule has 2 aromatic rings. The van der Waals surface area contributed by atoms with Gasteiger partial charge in [-0.1, -0.05) is 44.2 Å². The molecule has 0 bridgehead atoms. The molecule has 0 saturated carbocycles. The first-order valence-electron chi connectivity index (χ1n) is 10.4. The summed E-state index contributed by atoms with van der Waals surface area (Å²) in [5, 5.41) is 10.7. The van der Waals surface area contributed by atoms with Crippen LogP contribution in [-0.4, -0.2) is 34.9 Å². The Morgan fingerprint density at radius 2 is 1.81 bits per heavy atom. The van der Waals surface area contributed by atoms with Gasteiger partial charge in [-0.05, 0) is 37.6 Å². The topological polar surface area (TPSA) is 76.1 Å². The van der Waals surface area contributed by atoms with E-state index in [1.54, 1.807) is 21.0 Å². The smallest absolute Gasteiger partial charge is 0.290 e. The number of benzene rings is 2. The van der Waals surface area contributed by atoms with E-state index >= 15 is 0 Å². The Labute approximate surface area is 183 Å². The molecular weight excluding hydrogens is 394 g/mol. The Kier molecular flexibility index (Phi) is 6.68. The molecule has 1 heterocycles. The van der Waals surface area contributed by atoms with Gasteiger partial charge in [-0.3, -0.25) is 9.59 Å². The highest BCUT2D eigenvalue weighted by Gasteiger charge is 2.44. The second-order valence-electron chi connectivity index (χ2n) is 8.17. The van der Waals surface area contributed by atoms with Crippen LogP contribution in [0.5, 0.6) is 11.5 Å². The SMILES string of the molecule is COc1ccccc1CN1C(=O)C(O)=C(C(=O)C(C)C)C1c1cccc(OC(C)C)c1. The van der Waals surface area contributed by atoms with Crippen LogP contribution in [0.25, 0.3) is 0 Å². The second-order valence-corrected chi connectivity index (χ2v) is 8.17. The van der Waals surface area contributed by atoms with E-state index in [1.165, 1.54) is 4.90 Å². The number of ketones is 1. The first-order valence-corrected chi connectivity index (χ1v) is 10.4. The largest absolute Gasteiger partial charge is 0.503 e. The lowest BCUT2D eigenvalue weighted by atomic mass is 9.91. The summed E-state index contributed by atoms with van der Waals surface area (Å²) in [5.74, 6) is -0.417. The van der Waals surface area contributed by atoms with E-state index in [2.05, 4.69) is 0 Å². The van der Waals surface area contributed by atoms with Crippen molar-refractivity contribution in [3.8, 4) is 11.5 Å². The highest BCUT2D eigenvalue weighted by atomic mass is 16.5. The van der Waals surface area contributed by atoms with Crippen molar-refractivity contribution < 1.29 is 24.2 Å². The number of methoxy groups -OCH3 is 1.